The quantitative estimate of drug-likeness (QED) is 0.594. The Labute approximate surface area is 168 Å². The average molecular weight is 398 g/mol. The predicted octanol–water partition coefficient (Wildman–Crippen LogP) is 4.29. The second-order valence-electron chi connectivity index (χ2n) is 6.75. The first-order valence-electron chi connectivity index (χ1n) is 9.11. The molecular weight excluding hydrogens is 375 g/mol. The van der Waals surface area contributed by atoms with E-state index in [2.05, 4.69) is 5.16 Å². The van der Waals surface area contributed by atoms with Gasteiger partial charge in [-0.25, -0.2) is 4.39 Å². The minimum Gasteiger partial charge on any atom is -0.494 e. The fourth-order valence-corrected chi connectivity index (χ4v) is 2.96. The van der Waals surface area contributed by atoms with Crippen molar-refractivity contribution in [1.82, 2.24) is 10.1 Å². The average Bonchev–Trinajstić information content (AvgIpc) is 3.03. The van der Waals surface area contributed by atoms with Crippen LogP contribution in [0.15, 0.2) is 47.0 Å². The van der Waals surface area contributed by atoms with Gasteiger partial charge in [0, 0.05) is 19.2 Å². The summed E-state index contributed by atoms with van der Waals surface area (Å²) in [6.07, 6.45) is 0. The van der Waals surface area contributed by atoms with Gasteiger partial charge >= 0.3 is 0 Å². The van der Waals surface area contributed by atoms with E-state index < -0.39 is 5.82 Å². The second kappa shape index (κ2) is 8.77. The number of carbonyl (C=O) groups is 1. The zero-order chi connectivity index (χ0) is 21.0. The van der Waals surface area contributed by atoms with Crippen LogP contribution in [0.3, 0.4) is 0 Å². The molecule has 29 heavy (non-hydrogen) atoms. The summed E-state index contributed by atoms with van der Waals surface area (Å²) in [4.78, 5) is 14.3. The van der Waals surface area contributed by atoms with E-state index in [1.165, 1.54) is 18.1 Å². The second-order valence-corrected chi connectivity index (χ2v) is 6.75. The van der Waals surface area contributed by atoms with Gasteiger partial charge in [-0.05, 0) is 49.7 Å². The molecule has 0 radical (unpaired) electrons. The number of ether oxygens (including phenoxy) is 2. The van der Waals surface area contributed by atoms with Crippen LogP contribution in [0.25, 0.3) is 0 Å². The number of benzene rings is 2. The van der Waals surface area contributed by atoms with Crippen molar-refractivity contribution in [2.45, 2.75) is 27.0 Å². The van der Waals surface area contributed by atoms with Crippen molar-refractivity contribution in [3.05, 3.63) is 76.4 Å². The summed E-state index contributed by atoms with van der Waals surface area (Å²) in [6.45, 7) is 4.26. The number of carbonyl (C=O) groups excluding carboxylic acids is 1. The van der Waals surface area contributed by atoms with Gasteiger partial charge in [-0.2, -0.15) is 0 Å². The molecule has 1 amide bonds. The third kappa shape index (κ3) is 4.74. The molecule has 152 valence electrons. The summed E-state index contributed by atoms with van der Waals surface area (Å²) < 4.78 is 29.7. The Morgan fingerprint density at radius 1 is 1.21 bits per heavy atom. The molecule has 0 saturated heterocycles. The lowest BCUT2D eigenvalue weighted by Gasteiger charge is -2.18. The summed E-state index contributed by atoms with van der Waals surface area (Å²) in [5.41, 5.74) is 2.82. The Morgan fingerprint density at radius 3 is 2.66 bits per heavy atom. The lowest BCUT2D eigenvalue weighted by atomic mass is 10.1. The van der Waals surface area contributed by atoms with Gasteiger partial charge in [-0.1, -0.05) is 17.3 Å². The number of halogens is 1. The molecule has 6 nitrogen and oxygen atoms in total. The first-order chi connectivity index (χ1) is 13.9. The SMILES string of the molecule is COc1ccc(CN(C)C(=O)c2cccc(OCc3c(C)noc3C)c2)cc1F. The summed E-state index contributed by atoms with van der Waals surface area (Å²) in [5.74, 6) is 0.802. The highest BCUT2D eigenvalue weighted by atomic mass is 19.1. The van der Waals surface area contributed by atoms with Crippen LogP contribution in [-0.2, 0) is 13.2 Å². The molecule has 2 aromatic carbocycles. The molecule has 0 spiro atoms. The zero-order valence-electron chi connectivity index (χ0n) is 16.9. The van der Waals surface area contributed by atoms with Gasteiger partial charge in [0.25, 0.3) is 5.91 Å². The number of hydrogen-bond acceptors (Lipinski definition) is 5. The first-order valence-corrected chi connectivity index (χ1v) is 9.11. The van der Waals surface area contributed by atoms with E-state index in [-0.39, 0.29) is 18.2 Å². The number of aryl methyl sites for hydroxylation is 2. The highest BCUT2D eigenvalue weighted by molar-refractivity contribution is 5.94. The van der Waals surface area contributed by atoms with Crippen molar-refractivity contribution >= 4 is 5.91 Å². The monoisotopic (exact) mass is 398 g/mol. The molecule has 0 N–H and O–H groups in total. The van der Waals surface area contributed by atoms with Crippen molar-refractivity contribution in [2.24, 2.45) is 0 Å². The number of nitrogens with zero attached hydrogens (tertiary/aromatic N) is 2. The van der Waals surface area contributed by atoms with Crippen molar-refractivity contribution in [3.8, 4) is 11.5 Å². The number of rotatable bonds is 7. The molecule has 0 atom stereocenters. The van der Waals surface area contributed by atoms with E-state index in [0.29, 0.717) is 29.2 Å². The number of aromatic nitrogens is 1. The third-order valence-electron chi connectivity index (χ3n) is 4.63. The van der Waals surface area contributed by atoms with E-state index in [1.54, 1.807) is 43.4 Å². The van der Waals surface area contributed by atoms with Crippen LogP contribution in [-0.4, -0.2) is 30.1 Å². The van der Waals surface area contributed by atoms with E-state index >= 15 is 0 Å². The third-order valence-corrected chi connectivity index (χ3v) is 4.63. The van der Waals surface area contributed by atoms with E-state index in [4.69, 9.17) is 14.0 Å². The van der Waals surface area contributed by atoms with Gasteiger partial charge in [0.05, 0.1) is 18.4 Å². The summed E-state index contributed by atoms with van der Waals surface area (Å²) in [5, 5.41) is 3.90. The molecule has 0 aliphatic rings. The lowest BCUT2D eigenvalue weighted by Crippen LogP contribution is -2.26. The van der Waals surface area contributed by atoms with E-state index in [0.717, 1.165) is 11.3 Å². The van der Waals surface area contributed by atoms with Crippen LogP contribution in [0.1, 0.15) is 32.9 Å². The van der Waals surface area contributed by atoms with E-state index in [1.807, 2.05) is 13.8 Å². The fourth-order valence-electron chi connectivity index (χ4n) is 2.96. The minimum atomic E-state index is -0.458. The normalized spacial score (nSPS) is 10.7. The standard InChI is InChI=1S/C22H23FN2O4/c1-14-19(15(2)29-24-14)13-28-18-7-5-6-17(11-18)22(26)25(3)12-16-8-9-21(27-4)20(23)10-16/h5-11H,12-13H2,1-4H3. The topological polar surface area (TPSA) is 64.8 Å². The van der Waals surface area contributed by atoms with Gasteiger partial charge in [-0.15, -0.1) is 0 Å². The summed E-state index contributed by atoms with van der Waals surface area (Å²) in [7, 11) is 3.08. The molecule has 7 heteroatoms. The largest absolute Gasteiger partial charge is 0.494 e. The summed E-state index contributed by atoms with van der Waals surface area (Å²) in [6, 6.07) is 11.6. The summed E-state index contributed by atoms with van der Waals surface area (Å²) >= 11 is 0. The maximum absolute atomic E-state index is 13.9. The number of hydrogen-bond donors (Lipinski definition) is 0. The van der Waals surface area contributed by atoms with Crippen LogP contribution in [0.5, 0.6) is 11.5 Å². The molecule has 3 aromatic rings. The Balaban J connectivity index is 1.67. The maximum Gasteiger partial charge on any atom is 0.254 e. The molecule has 1 aromatic heterocycles. The molecule has 0 fully saturated rings. The zero-order valence-corrected chi connectivity index (χ0v) is 16.9. The van der Waals surface area contributed by atoms with Gasteiger partial charge in [0.15, 0.2) is 11.6 Å². The van der Waals surface area contributed by atoms with Gasteiger partial charge < -0.3 is 18.9 Å². The highest BCUT2D eigenvalue weighted by Gasteiger charge is 2.15. The molecule has 0 aliphatic heterocycles. The molecular formula is C22H23FN2O4. The van der Waals surface area contributed by atoms with Crippen molar-refractivity contribution in [3.63, 3.8) is 0 Å². The first kappa shape index (κ1) is 20.4. The van der Waals surface area contributed by atoms with Crippen molar-refractivity contribution < 1.29 is 23.2 Å². The number of methoxy groups -OCH3 is 1. The molecule has 0 saturated carbocycles. The minimum absolute atomic E-state index is 0.172. The maximum atomic E-state index is 13.9. The predicted molar refractivity (Wildman–Crippen MR) is 106 cm³/mol. The van der Waals surface area contributed by atoms with Crippen LogP contribution >= 0.6 is 0 Å². The van der Waals surface area contributed by atoms with Crippen LogP contribution in [0, 0.1) is 19.7 Å². The molecule has 0 bridgehead atoms. The van der Waals surface area contributed by atoms with Crippen LogP contribution < -0.4 is 9.47 Å². The molecule has 3 rings (SSSR count). The van der Waals surface area contributed by atoms with Gasteiger partial charge in [-0.3, -0.25) is 4.79 Å². The molecule has 0 unspecified atom stereocenters. The van der Waals surface area contributed by atoms with Crippen LogP contribution in [0.2, 0.25) is 0 Å². The van der Waals surface area contributed by atoms with Crippen molar-refractivity contribution in [2.75, 3.05) is 14.2 Å². The Bertz CT molecular complexity index is 996. The van der Waals surface area contributed by atoms with E-state index in [9.17, 15) is 9.18 Å². The Hall–Kier alpha value is -3.35. The number of amides is 1. The van der Waals surface area contributed by atoms with Gasteiger partial charge in [0.1, 0.15) is 18.1 Å². The van der Waals surface area contributed by atoms with Crippen LogP contribution in [0.4, 0.5) is 4.39 Å². The molecule has 0 aliphatic carbocycles. The molecule has 1 heterocycles. The highest BCUT2D eigenvalue weighted by Crippen LogP contribution is 2.21. The fraction of sp³-hybridized carbons (Fsp3) is 0.273. The lowest BCUT2D eigenvalue weighted by molar-refractivity contribution is 0.0784. The Kier molecular flexibility index (Phi) is 6.16. The van der Waals surface area contributed by atoms with Crippen molar-refractivity contribution in [1.29, 1.82) is 0 Å². The Morgan fingerprint density at radius 2 is 2.00 bits per heavy atom. The smallest absolute Gasteiger partial charge is 0.254 e. The van der Waals surface area contributed by atoms with Gasteiger partial charge in [0.2, 0.25) is 0 Å².